The number of benzene rings is 1. The van der Waals surface area contributed by atoms with Gasteiger partial charge in [0.2, 0.25) is 0 Å². The Bertz CT molecular complexity index is 639. The Balaban J connectivity index is 2.60. The van der Waals surface area contributed by atoms with Gasteiger partial charge in [0, 0.05) is 12.4 Å². The number of rotatable bonds is 3. The molecule has 0 aliphatic carbocycles. The molecule has 19 heavy (non-hydrogen) atoms. The number of esters is 1. The van der Waals surface area contributed by atoms with Gasteiger partial charge < -0.3 is 14.0 Å². The summed E-state index contributed by atoms with van der Waals surface area (Å²) in [6.07, 6.45) is 0. The van der Waals surface area contributed by atoms with Crippen LogP contribution in [0.1, 0.15) is 10.5 Å². The SMILES string of the molecule is COC(=O)c1cc2c(Cl)c(OC(F)F)ccc2n1C. The average Bonchev–Trinajstić information content (AvgIpc) is 2.70. The molecule has 1 aromatic carbocycles. The third kappa shape index (κ3) is 2.35. The summed E-state index contributed by atoms with van der Waals surface area (Å²) in [5, 5.41) is 0.478. The summed E-state index contributed by atoms with van der Waals surface area (Å²) in [5.74, 6) is -0.669. The summed E-state index contributed by atoms with van der Waals surface area (Å²) in [5.41, 5.74) is 0.889. The van der Waals surface area contributed by atoms with Gasteiger partial charge in [-0.05, 0) is 18.2 Å². The van der Waals surface area contributed by atoms with Crippen molar-refractivity contribution in [3.63, 3.8) is 0 Å². The van der Waals surface area contributed by atoms with E-state index in [9.17, 15) is 13.6 Å². The Morgan fingerprint density at radius 1 is 1.42 bits per heavy atom. The standard InChI is InChI=1S/C12H10ClF2NO3/c1-16-7-3-4-9(19-12(14)15)10(13)6(7)5-8(16)11(17)18-2/h3-5,12H,1-2H3. The Hall–Kier alpha value is -1.82. The van der Waals surface area contributed by atoms with Gasteiger partial charge in [-0.3, -0.25) is 0 Å². The van der Waals surface area contributed by atoms with Crippen molar-refractivity contribution in [2.24, 2.45) is 7.05 Å². The first-order valence-corrected chi connectivity index (χ1v) is 5.64. The van der Waals surface area contributed by atoms with E-state index in [1.165, 1.54) is 19.2 Å². The molecule has 0 saturated carbocycles. The highest BCUT2D eigenvalue weighted by atomic mass is 35.5. The maximum absolute atomic E-state index is 12.2. The number of methoxy groups -OCH3 is 1. The lowest BCUT2D eigenvalue weighted by molar-refractivity contribution is -0.0497. The Labute approximate surface area is 112 Å². The van der Waals surface area contributed by atoms with Crippen LogP contribution >= 0.6 is 11.6 Å². The molecule has 0 radical (unpaired) electrons. The van der Waals surface area contributed by atoms with E-state index in [1.807, 2.05) is 0 Å². The van der Waals surface area contributed by atoms with E-state index in [2.05, 4.69) is 9.47 Å². The topological polar surface area (TPSA) is 40.5 Å². The van der Waals surface area contributed by atoms with E-state index in [-0.39, 0.29) is 16.5 Å². The van der Waals surface area contributed by atoms with Gasteiger partial charge in [-0.15, -0.1) is 0 Å². The molecule has 1 aromatic heterocycles. The predicted molar refractivity (Wildman–Crippen MR) is 65.9 cm³/mol. The number of carbonyl (C=O) groups excluding carboxylic acids is 1. The normalized spacial score (nSPS) is 11.1. The molecule has 7 heteroatoms. The van der Waals surface area contributed by atoms with Gasteiger partial charge >= 0.3 is 12.6 Å². The highest BCUT2D eigenvalue weighted by molar-refractivity contribution is 6.37. The van der Waals surface area contributed by atoms with Crippen molar-refractivity contribution in [2.45, 2.75) is 6.61 Å². The fourth-order valence-electron chi connectivity index (χ4n) is 1.84. The van der Waals surface area contributed by atoms with Crippen LogP contribution in [-0.2, 0) is 11.8 Å². The molecule has 0 fully saturated rings. The molecule has 0 unspecified atom stereocenters. The van der Waals surface area contributed by atoms with E-state index in [0.717, 1.165) is 0 Å². The van der Waals surface area contributed by atoms with Crippen molar-refractivity contribution in [2.75, 3.05) is 7.11 Å². The molecule has 0 N–H and O–H groups in total. The Kier molecular flexibility index (Phi) is 3.61. The average molecular weight is 290 g/mol. The van der Waals surface area contributed by atoms with E-state index in [4.69, 9.17) is 11.6 Å². The number of hydrogen-bond acceptors (Lipinski definition) is 3. The molecule has 0 bridgehead atoms. The van der Waals surface area contributed by atoms with Crippen molar-refractivity contribution < 1.29 is 23.0 Å². The summed E-state index contributed by atoms with van der Waals surface area (Å²) in [4.78, 5) is 11.5. The molecule has 0 saturated heterocycles. The molecule has 0 aliphatic rings. The molecule has 0 amide bonds. The largest absolute Gasteiger partial charge is 0.464 e. The molecule has 2 rings (SSSR count). The fourth-order valence-corrected chi connectivity index (χ4v) is 2.10. The van der Waals surface area contributed by atoms with Crippen LogP contribution in [0, 0.1) is 0 Å². The van der Waals surface area contributed by atoms with Crippen molar-refractivity contribution in [3.05, 3.63) is 28.9 Å². The second kappa shape index (κ2) is 5.05. The minimum Gasteiger partial charge on any atom is -0.464 e. The molecular formula is C12H10ClF2NO3. The van der Waals surface area contributed by atoms with Gasteiger partial charge in [0.25, 0.3) is 0 Å². The lowest BCUT2D eigenvalue weighted by atomic mass is 10.2. The van der Waals surface area contributed by atoms with Crippen LogP contribution in [0.25, 0.3) is 10.9 Å². The molecule has 102 valence electrons. The van der Waals surface area contributed by atoms with Crippen molar-refractivity contribution in [1.29, 1.82) is 0 Å². The van der Waals surface area contributed by atoms with Crippen LogP contribution in [0.3, 0.4) is 0 Å². The van der Waals surface area contributed by atoms with E-state index in [0.29, 0.717) is 10.9 Å². The maximum atomic E-state index is 12.2. The van der Waals surface area contributed by atoms with Gasteiger partial charge in [0.1, 0.15) is 11.4 Å². The molecule has 1 heterocycles. The number of aryl methyl sites for hydroxylation is 1. The van der Waals surface area contributed by atoms with Crippen LogP contribution in [0.5, 0.6) is 5.75 Å². The number of ether oxygens (including phenoxy) is 2. The van der Waals surface area contributed by atoms with Crippen molar-refractivity contribution in [1.82, 2.24) is 4.57 Å². The highest BCUT2D eigenvalue weighted by Crippen LogP contribution is 2.35. The first-order valence-electron chi connectivity index (χ1n) is 5.26. The second-order valence-corrected chi connectivity index (χ2v) is 4.15. The van der Waals surface area contributed by atoms with Gasteiger partial charge in [-0.1, -0.05) is 11.6 Å². The zero-order valence-corrected chi connectivity index (χ0v) is 10.9. The first kappa shape index (κ1) is 13.6. The summed E-state index contributed by atoms with van der Waals surface area (Å²) in [6, 6.07) is 4.35. The third-order valence-electron chi connectivity index (χ3n) is 2.74. The van der Waals surface area contributed by atoms with Gasteiger partial charge in [-0.25, -0.2) is 4.79 Å². The molecular weight excluding hydrogens is 280 g/mol. The second-order valence-electron chi connectivity index (χ2n) is 3.77. The highest BCUT2D eigenvalue weighted by Gasteiger charge is 2.18. The summed E-state index contributed by atoms with van der Waals surface area (Å²) in [6.45, 7) is -2.96. The minimum absolute atomic E-state index is 0.0311. The van der Waals surface area contributed by atoms with Crippen LogP contribution in [0.4, 0.5) is 8.78 Å². The van der Waals surface area contributed by atoms with Crippen LogP contribution < -0.4 is 4.74 Å². The summed E-state index contributed by atoms with van der Waals surface area (Å²) < 4.78 is 34.9. The van der Waals surface area contributed by atoms with E-state index in [1.54, 1.807) is 17.7 Å². The number of hydrogen-bond donors (Lipinski definition) is 0. The zero-order valence-electron chi connectivity index (χ0n) is 10.1. The smallest absolute Gasteiger partial charge is 0.387 e. The third-order valence-corrected chi connectivity index (χ3v) is 3.13. The Morgan fingerprint density at radius 2 is 2.11 bits per heavy atom. The Morgan fingerprint density at radius 3 is 2.68 bits per heavy atom. The lowest BCUT2D eigenvalue weighted by Crippen LogP contribution is -2.06. The van der Waals surface area contributed by atoms with Gasteiger partial charge in [-0.2, -0.15) is 8.78 Å². The van der Waals surface area contributed by atoms with Gasteiger partial charge in [0.05, 0.1) is 17.6 Å². The van der Waals surface area contributed by atoms with Crippen molar-refractivity contribution in [3.8, 4) is 5.75 Å². The summed E-state index contributed by atoms with van der Waals surface area (Å²) >= 11 is 6.00. The molecule has 2 aromatic rings. The number of carbonyl (C=O) groups is 1. The number of fused-ring (bicyclic) bond motifs is 1. The van der Waals surface area contributed by atoms with Crippen LogP contribution in [0.15, 0.2) is 18.2 Å². The molecule has 4 nitrogen and oxygen atoms in total. The van der Waals surface area contributed by atoms with E-state index >= 15 is 0 Å². The number of alkyl halides is 2. The van der Waals surface area contributed by atoms with Crippen LogP contribution in [-0.4, -0.2) is 24.3 Å². The monoisotopic (exact) mass is 289 g/mol. The lowest BCUT2D eigenvalue weighted by Gasteiger charge is -2.07. The summed E-state index contributed by atoms with van der Waals surface area (Å²) in [7, 11) is 2.91. The zero-order chi connectivity index (χ0) is 14.2. The number of aromatic nitrogens is 1. The van der Waals surface area contributed by atoms with Crippen molar-refractivity contribution >= 4 is 28.5 Å². The predicted octanol–water partition coefficient (Wildman–Crippen LogP) is 3.22. The maximum Gasteiger partial charge on any atom is 0.387 e. The molecule has 0 aliphatic heterocycles. The van der Waals surface area contributed by atoms with Crippen LogP contribution in [0.2, 0.25) is 5.02 Å². The number of halogens is 3. The first-order chi connectivity index (χ1) is 8.95. The minimum atomic E-state index is -2.96. The van der Waals surface area contributed by atoms with E-state index < -0.39 is 12.6 Å². The quantitative estimate of drug-likeness (QED) is 0.815. The van der Waals surface area contributed by atoms with Gasteiger partial charge in [0.15, 0.2) is 0 Å². The number of nitrogens with zero attached hydrogens (tertiary/aromatic N) is 1. The molecule has 0 atom stereocenters. The molecule has 0 spiro atoms. The fraction of sp³-hybridized carbons (Fsp3) is 0.250.